The van der Waals surface area contributed by atoms with Gasteiger partial charge in [0.2, 0.25) is 0 Å². The second-order valence-corrected chi connectivity index (χ2v) is 6.69. The largest absolute Gasteiger partial charge is 0.508 e. The van der Waals surface area contributed by atoms with Crippen molar-refractivity contribution >= 4 is 5.91 Å². The van der Waals surface area contributed by atoms with Crippen LogP contribution >= 0.6 is 0 Å². The first-order valence-corrected chi connectivity index (χ1v) is 9.03. The summed E-state index contributed by atoms with van der Waals surface area (Å²) in [6, 6.07) is 12.1. The summed E-state index contributed by atoms with van der Waals surface area (Å²) in [6.07, 6.45) is -0.665. The van der Waals surface area contributed by atoms with Gasteiger partial charge < -0.3 is 19.5 Å². The van der Waals surface area contributed by atoms with E-state index in [9.17, 15) is 14.3 Å². The van der Waals surface area contributed by atoms with Gasteiger partial charge in [0.25, 0.3) is 5.91 Å². The zero-order chi connectivity index (χ0) is 20.5. The third-order valence-corrected chi connectivity index (χ3v) is 5.08. The van der Waals surface area contributed by atoms with E-state index in [2.05, 4.69) is 10.2 Å². The van der Waals surface area contributed by atoms with Gasteiger partial charge in [-0.3, -0.25) is 9.89 Å². The molecule has 3 aromatic rings. The van der Waals surface area contributed by atoms with Crippen LogP contribution in [0, 0.1) is 5.82 Å². The number of aromatic hydroxyl groups is 1. The van der Waals surface area contributed by atoms with E-state index in [0.717, 1.165) is 0 Å². The van der Waals surface area contributed by atoms with Gasteiger partial charge in [-0.1, -0.05) is 18.2 Å². The number of benzene rings is 2. The molecule has 0 saturated carbocycles. The molecule has 0 radical (unpaired) electrons. The van der Waals surface area contributed by atoms with Crippen LogP contribution < -0.4 is 0 Å². The van der Waals surface area contributed by atoms with Gasteiger partial charge in [0.1, 0.15) is 17.3 Å². The van der Waals surface area contributed by atoms with Crippen LogP contribution in [0.25, 0.3) is 11.3 Å². The summed E-state index contributed by atoms with van der Waals surface area (Å²) in [5.74, 6) is -0.621. The minimum Gasteiger partial charge on any atom is -0.508 e. The number of halogens is 1. The Labute approximate surface area is 166 Å². The number of rotatable bonds is 6. The number of carbonyl (C=O) groups is 1. The average Bonchev–Trinajstić information content (AvgIpc) is 3.27. The number of phenolic OH excluding ortho intramolecular Hbond substituents is 1. The van der Waals surface area contributed by atoms with Crippen LogP contribution in [-0.2, 0) is 9.47 Å². The first-order chi connectivity index (χ1) is 14.0. The predicted octanol–water partition coefficient (Wildman–Crippen LogP) is 3.09. The fraction of sp³-hybridized carbons (Fsp3) is 0.238. The molecule has 150 valence electrons. The summed E-state index contributed by atoms with van der Waals surface area (Å²) in [6.45, 7) is 0.113. The minimum absolute atomic E-state index is 0.113. The molecule has 0 fully saturated rings. The first kappa shape index (κ1) is 19.1. The van der Waals surface area contributed by atoms with Crippen molar-refractivity contribution in [3.05, 3.63) is 71.2 Å². The number of carbonyl (C=O) groups excluding carboxylic acids is 1. The van der Waals surface area contributed by atoms with Crippen molar-refractivity contribution in [3.8, 4) is 17.0 Å². The van der Waals surface area contributed by atoms with Crippen molar-refractivity contribution < 1.29 is 23.8 Å². The quantitative estimate of drug-likeness (QED) is 0.624. The lowest BCUT2D eigenvalue weighted by atomic mass is 9.95. The number of methoxy groups -OCH3 is 2. The highest BCUT2D eigenvalue weighted by Crippen LogP contribution is 2.43. The second kappa shape index (κ2) is 7.65. The van der Waals surface area contributed by atoms with Gasteiger partial charge in [0, 0.05) is 30.9 Å². The van der Waals surface area contributed by atoms with Crippen LogP contribution in [0.5, 0.6) is 5.75 Å². The van der Waals surface area contributed by atoms with Crippen LogP contribution in [0.4, 0.5) is 4.39 Å². The maximum Gasteiger partial charge on any atom is 0.273 e. The predicted molar refractivity (Wildman–Crippen MR) is 103 cm³/mol. The molecule has 1 unspecified atom stereocenters. The molecule has 1 aliphatic rings. The van der Waals surface area contributed by atoms with Crippen molar-refractivity contribution in [1.29, 1.82) is 0 Å². The van der Waals surface area contributed by atoms with Gasteiger partial charge in [0.05, 0.1) is 18.3 Å². The number of aromatic nitrogens is 2. The molecule has 1 aromatic heterocycles. The number of ether oxygens (including phenoxy) is 2. The average molecular weight is 397 g/mol. The Kier molecular flexibility index (Phi) is 5.04. The molecule has 0 saturated heterocycles. The zero-order valence-electron chi connectivity index (χ0n) is 15.9. The van der Waals surface area contributed by atoms with Gasteiger partial charge in [0.15, 0.2) is 6.29 Å². The first-order valence-electron chi connectivity index (χ1n) is 9.03. The number of phenols is 1. The lowest BCUT2D eigenvalue weighted by molar-refractivity contribution is -0.113. The number of amides is 1. The van der Waals surface area contributed by atoms with Gasteiger partial charge >= 0.3 is 0 Å². The van der Waals surface area contributed by atoms with E-state index in [1.54, 1.807) is 30.3 Å². The Morgan fingerprint density at radius 1 is 1.17 bits per heavy atom. The van der Waals surface area contributed by atoms with Crippen LogP contribution in [-0.4, -0.2) is 53.2 Å². The molecule has 4 rings (SSSR count). The number of fused-ring (bicyclic) bond motifs is 1. The Morgan fingerprint density at radius 3 is 2.52 bits per heavy atom. The number of hydrogen-bond acceptors (Lipinski definition) is 5. The maximum atomic E-state index is 14.8. The number of hydrogen-bond donors (Lipinski definition) is 2. The van der Waals surface area contributed by atoms with E-state index in [0.29, 0.717) is 28.1 Å². The second-order valence-electron chi connectivity index (χ2n) is 6.69. The minimum atomic E-state index is -0.700. The molecule has 2 N–H and O–H groups in total. The highest BCUT2D eigenvalue weighted by atomic mass is 19.1. The highest BCUT2D eigenvalue weighted by molar-refractivity contribution is 6.00. The lowest BCUT2D eigenvalue weighted by Crippen LogP contribution is -2.38. The number of aromatic amines is 1. The van der Waals surface area contributed by atoms with E-state index in [-0.39, 0.29) is 18.2 Å². The SMILES string of the molecule is COC(CN1C(=O)c2[nH]nc(-c3ccc(O)cc3)c2C1c1ccccc1F)OC. The molecular weight excluding hydrogens is 377 g/mol. The molecule has 29 heavy (non-hydrogen) atoms. The van der Waals surface area contributed by atoms with E-state index in [1.807, 2.05) is 0 Å². The number of nitrogens with zero attached hydrogens (tertiary/aromatic N) is 2. The third-order valence-electron chi connectivity index (χ3n) is 5.08. The molecule has 8 heteroatoms. The normalized spacial score (nSPS) is 15.9. The molecule has 2 aromatic carbocycles. The molecule has 0 aliphatic carbocycles. The molecule has 0 spiro atoms. The molecule has 0 bridgehead atoms. The molecule has 2 heterocycles. The molecular formula is C21H20FN3O4. The van der Waals surface area contributed by atoms with Gasteiger partial charge in [-0.25, -0.2) is 4.39 Å². The van der Waals surface area contributed by atoms with Crippen molar-refractivity contribution in [2.75, 3.05) is 20.8 Å². The zero-order valence-corrected chi connectivity index (χ0v) is 15.9. The summed E-state index contributed by atoms with van der Waals surface area (Å²) < 4.78 is 25.3. The summed E-state index contributed by atoms with van der Waals surface area (Å²) in [5, 5.41) is 16.7. The van der Waals surface area contributed by atoms with Crippen molar-refractivity contribution in [1.82, 2.24) is 15.1 Å². The molecule has 7 nitrogen and oxygen atoms in total. The fourth-order valence-corrected chi connectivity index (χ4v) is 3.65. The summed E-state index contributed by atoms with van der Waals surface area (Å²) in [7, 11) is 2.96. The monoisotopic (exact) mass is 397 g/mol. The Bertz CT molecular complexity index is 1030. The third kappa shape index (κ3) is 3.26. The molecule has 1 amide bonds. The van der Waals surface area contributed by atoms with Gasteiger partial charge in [-0.2, -0.15) is 5.10 Å². The summed E-state index contributed by atoms with van der Waals surface area (Å²) in [5.41, 5.74) is 2.46. The topological polar surface area (TPSA) is 87.7 Å². The van der Waals surface area contributed by atoms with E-state index in [4.69, 9.17) is 9.47 Å². The van der Waals surface area contributed by atoms with Gasteiger partial charge in [-0.15, -0.1) is 0 Å². The van der Waals surface area contributed by atoms with E-state index < -0.39 is 18.1 Å². The summed E-state index contributed by atoms with van der Waals surface area (Å²) >= 11 is 0. The van der Waals surface area contributed by atoms with Crippen LogP contribution in [0.1, 0.15) is 27.7 Å². The Balaban J connectivity index is 1.87. The van der Waals surface area contributed by atoms with Crippen LogP contribution in [0.3, 0.4) is 0 Å². The number of H-pyrrole nitrogens is 1. The maximum absolute atomic E-state index is 14.8. The smallest absolute Gasteiger partial charge is 0.273 e. The summed E-state index contributed by atoms with van der Waals surface area (Å²) in [4.78, 5) is 14.7. The van der Waals surface area contributed by atoms with Gasteiger partial charge in [-0.05, 0) is 30.3 Å². The van der Waals surface area contributed by atoms with Crippen molar-refractivity contribution in [2.45, 2.75) is 12.3 Å². The molecule has 1 aliphatic heterocycles. The Hall–Kier alpha value is -3.23. The molecule has 1 atom stereocenters. The van der Waals surface area contributed by atoms with Crippen LogP contribution in [0.2, 0.25) is 0 Å². The lowest BCUT2D eigenvalue weighted by Gasteiger charge is -2.29. The van der Waals surface area contributed by atoms with Crippen molar-refractivity contribution in [2.24, 2.45) is 0 Å². The van der Waals surface area contributed by atoms with Crippen LogP contribution in [0.15, 0.2) is 48.5 Å². The Morgan fingerprint density at radius 2 is 1.86 bits per heavy atom. The number of nitrogens with one attached hydrogen (secondary N) is 1. The van der Waals surface area contributed by atoms with E-state index in [1.165, 1.54) is 37.3 Å². The highest BCUT2D eigenvalue weighted by Gasteiger charge is 2.44. The van der Waals surface area contributed by atoms with Crippen molar-refractivity contribution in [3.63, 3.8) is 0 Å². The standard InChI is InChI=1S/C21H20FN3O4/c1-28-16(29-2)11-25-20(14-5-3-4-6-15(14)22)17-18(23-24-19(17)21(25)27)12-7-9-13(26)10-8-12/h3-10,16,20,26H,11H2,1-2H3,(H,23,24). The fourth-order valence-electron chi connectivity index (χ4n) is 3.65. The van der Waals surface area contributed by atoms with E-state index >= 15 is 0 Å².